The van der Waals surface area contributed by atoms with Gasteiger partial charge < -0.3 is 29.7 Å². The number of allylic oxidation sites excluding steroid dienone is 3. The van der Waals surface area contributed by atoms with E-state index < -0.39 is 0 Å². The molecule has 0 saturated heterocycles. The molecule has 3 amide bonds. The first-order chi connectivity index (χ1) is 23.0. The summed E-state index contributed by atoms with van der Waals surface area (Å²) in [5.41, 5.74) is 8.25. The van der Waals surface area contributed by atoms with E-state index >= 15 is 0 Å². The van der Waals surface area contributed by atoms with Crippen LogP contribution in [0, 0.1) is 0 Å². The highest BCUT2D eigenvalue weighted by Crippen LogP contribution is 2.41. The number of benzene rings is 2. The van der Waals surface area contributed by atoms with Crippen LogP contribution in [0.25, 0.3) is 6.08 Å². The van der Waals surface area contributed by atoms with Crippen molar-refractivity contribution >= 4 is 74.5 Å². The first kappa shape index (κ1) is 37.2. The molecule has 0 fully saturated rings. The number of carbonyl (C=O) groups excluding carboxylic acids is 3. The fraction of sp³-hybridized carbons (Fsp3) is 0.294. The van der Waals surface area contributed by atoms with Crippen LogP contribution >= 0.6 is 39.1 Å². The number of quaternary nitrogens is 1. The van der Waals surface area contributed by atoms with Crippen molar-refractivity contribution in [1.82, 2.24) is 4.90 Å². The number of aliphatic imine (C=N–C) groups is 1. The molecule has 48 heavy (non-hydrogen) atoms. The summed E-state index contributed by atoms with van der Waals surface area (Å²) in [5, 5.41) is 0.589. The third-order valence-corrected chi connectivity index (χ3v) is 9.69. The fourth-order valence-corrected chi connectivity index (χ4v) is 6.19. The lowest BCUT2D eigenvalue weighted by Gasteiger charge is -2.29. The fourth-order valence-electron chi connectivity index (χ4n) is 5.04. The van der Waals surface area contributed by atoms with Gasteiger partial charge in [-0.2, -0.15) is 4.99 Å². The van der Waals surface area contributed by atoms with Crippen molar-refractivity contribution in [3.63, 3.8) is 0 Å². The molecule has 11 nitrogen and oxygen atoms in total. The van der Waals surface area contributed by atoms with E-state index in [1.54, 1.807) is 93.9 Å². The summed E-state index contributed by atoms with van der Waals surface area (Å²) in [4.78, 5) is 47.0. The lowest BCUT2D eigenvalue weighted by molar-refractivity contribution is -0.647. The Labute approximate surface area is 298 Å². The number of likely N-dealkylation sites (N-methyl/N-ethyl adjacent to an activating group) is 1. The van der Waals surface area contributed by atoms with Gasteiger partial charge in [0.15, 0.2) is 0 Å². The zero-order valence-corrected chi connectivity index (χ0v) is 30.1. The van der Waals surface area contributed by atoms with Gasteiger partial charge in [0.25, 0.3) is 11.7 Å². The van der Waals surface area contributed by atoms with Crippen LogP contribution in [0.4, 0.5) is 5.69 Å². The zero-order valence-electron chi connectivity index (χ0n) is 27.0. The van der Waals surface area contributed by atoms with E-state index in [9.17, 15) is 14.4 Å². The maximum absolute atomic E-state index is 14.0. The summed E-state index contributed by atoms with van der Waals surface area (Å²) in [6.07, 6.45) is 8.28. The number of nitrogens with zero attached hydrogens (tertiary/aromatic N) is 4. The Hall–Kier alpha value is -3.62. The van der Waals surface area contributed by atoms with Crippen LogP contribution in [-0.2, 0) is 30.4 Å². The maximum atomic E-state index is 14.0. The number of rotatable bonds is 14. The van der Waals surface area contributed by atoms with Crippen molar-refractivity contribution in [2.75, 3.05) is 59.0 Å². The Kier molecular flexibility index (Phi) is 12.9. The first-order valence-corrected chi connectivity index (χ1v) is 16.5. The summed E-state index contributed by atoms with van der Waals surface area (Å²) in [5.74, 6) is -0.0820. The topological polar surface area (TPSA) is 124 Å². The van der Waals surface area contributed by atoms with E-state index in [2.05, 4.69) is 20.9 Å². The molecule has 0 aromatic heterocycles. The Morgan fingerprint density at radius 1 is 1.04 bits per heavy atom. The Balaban J connectivity index is 1.53. The minimum Gasteiger partial charge on any atom is -0.481 e. The van der Waals surface area contributed by atoms with Crippen molar-refractivity contribution in [2.24, 2.45) is 10.7 Å². The van der Waals surface area contributed by atoms with Gasteiger partial charge in [-0.1, -0.05) is 35.3 Å². The largest absolute Gasteiger partial charge is 0.481 e. The molecule has 0 radical (unpaired) electrons. The third-order valence-electron chi connectivity index (χ3n) is 7.78. The molecule has 2 aliphatic rings. The number of carbonyl (C=O) groups is 3. The number of hydrogen-bond acceptors (Lipinski definition) is 8. The molecule has 0 aliphatic carbocycles. The van der Waals surface area contributed by atoms with Gasteiger partial charge in [0.05, 0.1) is 30.5 Å². The Bertz CT molecular complexity index is 1710. The SMILES string of the molecule is COCCN(CCOC)C(=O)c1ccc(C=CC(=O)[N+]23C=CC=C(OCc4c(Cl)ccc(N(C)C(=O)CN)c4Cl)C2=NC(C)=C3Br)cc1. The maximum Gasteiger partial charge on any atom is 0.355 e. The van der Waals surface area contributed by atoms with Crippen molar-refractivity contribution in [3.8, 4) is 0 Å². The van der Waals surface area contributed by atoms with Crippen molar-refractivity contribution < 1.29 is 33.1 Å². The predicted molar refractivity (Wildman–Crippen MR) is 190 cm³/mol. The van der Waals surface area contributed by atoms with Crippen LogP contribution in [0.5, 0.6) is 0 Å². The smallest absolute Gasteiger partial charge is 0.355 e. The second kappa shape index (κ2) is 16.7. The van der Waals surface area contributed by atoms with Gasteiger partial charge in [0.2, 0.25) is 16.3 Å². The third kappa shape index (κ3) is 7.81. The van der Waals surface area contributed by atoms with E-state index in [-0.39, 0.29) is 40.4 Å². The summed E-state index contributed by atoms with van der Waals surface area (Å²) in [6.45, 7) is 3.24. The van der Waals surface area contributed by atoms with Gasteiger partial charge in [-0.25, -0.2) is 4.79 Å². The monoisotopic (exact) mass is 760 g/mol. The summed E-state index contributed by atoms with van der Waals surface area (Å²) in [6, 6.07) is 10.3. The lowest BCUT2D eigenvalue weighted by Crippen LogP contribution is -2.50. The molecular weight excluding hydrogens is 725 g/mol. The molecule has 254 valence electrons. The van der Waals surface area contributed by atoms with Crippen LogP contribution < -0.4 is 10.6 Å². The predicted octanol–water partition coefficient (Wildman–Crippen LogP) is 5.63. The minimum absolute atomic E-state index is 0.0605. The highest BCUT2D eigenvalue weighted by atomic mass is 79.9. The molecule has 0 bridgehead atoms. The standard InChI is InChI=1S/C34H37BrCl2N5O6/c1-22-32(35)42(30(44)14-9-23-7-10-24(11-8-23)34(45)41(15-18-46-3)16-19-47-4)17-5-6-28(33(42)39-22)48-21-25-26(36)12-13-27(31(25)37)40(2)29(43)20-38/h5-14,17H,15-16,18-21,38H2,1-4H3/q+1. The lowest BCUT2D eigenvalue weighted by atomic mass is 10.1. The molecule has 2 heterocycles. The second-order valence-corrected chi connectivity index (χ2v) is 12.3. The van der Waals surface area contributed by atoms with E-state index in [1.807, 2.05) is 0 Å². The number of halogens is 3. The number of amidine groups is 1. The number of fused-ring (bicyclic) bond motifs is 1. The molecule has 0 saturated carbocycles. The molecule has 1 unspecified atom stereocenters. The van der Waals surface area contributed by atoms with Gasteiger partial charge in [0, 0.05) is 72.5 Å². The number of ether oxygens (including phenoxy) is 3. The molecule has 1 atom stereocenters. The number of hydrogen-bond donors (Lipinski definition) is 1. The average Bonchev–Trinajstić information content (AvgIpc) is 3.36. The first-order valence-electron chi connectivity index (χ1n) is 14.9. The van der Waals surface area contributed by atoms with Gasteiger partial charge >= 0.3 is 5.91 Å². The second-order valence-electron chi connectivity index (χ2n) is 10.8. The Morgan fingerprint density at radius 2 is 1.71 bits per heavy atom. The molecule has 4 rings (SSSR count). The Morgan fingerprint density at radius 3 is 2.33 bits per heavy atom. The average molecular weight is 763 g/mol. The number of methoxy groups -OCH3 is 2. The van der Waals surface area contributed by atoms with Crippen molar-refractivity contribution in [3.05, 3.63) is 104 Å². The van der Waals surface area contributed by atoms with E-state index in [1.165, 1.54) is 11.0 Å². The number of anilines is 1. The molecular formula is C34H37BrCl2N5O6+. The highest BCUT2D eigenvalue weighted by Gasteiger charge is 2.51. The zero-order chi connectivity index (χ0) is 35.0. The van der Waals surface area contributed by atoms with Crippen LogP contribution in [0.3, 0.4) is 0 Å². The molecule has 2 aromatic rings. The van der Waals surface area contributed by atoms with Crippen molar-refractivity contribution in [1.29, 1.82) is 0 Å². The minimum atomic E-state index is -0.367. The molecule has 2 aromatic carbocycles. The summed E-state index contributed by atoms with van der Waals surface area (Å²) in [7, 11) is 4.75. The molecule has 2 aliphatic heterocycles. The molecule has 14 heteroatoms. The number of nitrogens with two attached hydrogens (primary N) is 1. The van der Waals surface area contributed by atoms with Crippen LogP contribution in [0.1, 0.15) is 28.4 Å². The van der Waals surface area contributed by atoms with Gasteiger partial charge in [-0.15, -0.1) is 4.48 Å². The van der Waals surface area contributed by atoms with Gasteiger partial charge in [-0.3, -0.25) is 9.59 Å². The molecule has 0 spiro atoms. The summed E-state index contributed by atoms with van der Waals surface area (Å²) < 4.78 is 16.6. The van der Waals surface area contributed by atoms with E-state index in [0.717, 1.165) is 5.56 Å². The van der Waals surface area contributed by atoms with E-state index in [4.69, 9.17) is 43.1 Å². The van der Waals surface area contributed by atoms with Crippen LogP contribution in [0.15, 0.2) is 81.9 Å². The molecule has 2 N–H and O–H groups in total. The highest BCUT2D eigenvalue weighted by molar-refractivity contribution is 9.11. The summed E-state index contributed by atoms with van der Waals surface area (Å²) >= 11 is 16.7. The van der Waals surface area contributed by atoms with Crippen LogP contribution in [-0.4, -0.2) is 87.1 Å². The quantitative estimate of drug-likeness (QED) is 0.150. The van der Waals surface area contributed by atoms with Crippen LogP contribution in [0.2, 0.25) is 10.0 Å². The normalized spacial score (nSPS) is 16.9. The number of amides is 3. The van der Waals surface area contributed by atoms with Gasteiger partial charge in [-0.05, 0) is 55.0 Å². The van der Waals surface area contributed by atoms with Gasteiger partial charge in [0.1, 0.15) is 18.5 Å². The van der Waals surface area contributed by atoms with E-state index in [0.29, 0.717) is 70.0 Å². The van der Waals surface area contributed by atoms with Crippen molar-refractivity contribution in [2.45, 2.75) is 13.5 Å².